The molecule has 2 N–H and O–H groups in total. The van der Waals surface area contributed by atoms with Crippen molar-refractivity contribution in [2.24, 2.45) is 0 Å². The smallest absolute Gasteiger partial charge is 0.255 e. The number of ether oxygens (including phenoxy) is 1. The van der Waals surface area contributed by atoms with Crippen molar-refractivity contribution < 1.29 is 18.3 Å². The molecule has 8 heteroatoms. The summed E-state index contributed by atoms with van der Waals surface area (Å²) in [6.45, 7) is 0. The highest BCUT2D eigenvalue weighted by atomic mass is 35.5. The number of carbonyl (C=O) groups excluding carboxylic acids is 1. The summed E-state index contributed by atoms with van der Waals surface area (Å²) >= 11 is 6.08. The maximum Gasteiger partial charge on any atom is 0.255 e. The molecule has 0 atom stereocenters. The molecule has 1 heterocycles. The van der Waals surface area contributed by atoms with E-state index >= 15 is 0 Å². The molecule has 3 rings (SSSR count). The molecule has 0 saturated carbocycles. The minimum absolute atomic E-state index is 0.116. The van der Waals surface area contributed by atoms with Crippen LogP contribution in [0.15, 0.2) is 54.7 Å². The number of carbonyl (C=O) groups is 1. The second-order valence-corrected chi connectivity index (χ2v) is 5.89. The van der Waals surface area contributed by atoms with Gasteiger partial charge in [-0.15, -0.1) is 0 Å². The van der Waals surface area contributed by atoms with Crippen LogP contribution in [0.4, 0.5) is 26.0 Å². The van der Waals surface area contributed by atoms with Gasteiger partial charge >= 0.3 is 0 Å². The average molecular weight is 390 g/mol. The van der Waals surface area contributed by atoms with E-state index in [9.17, 15) is 13.6 Å². The molecular formula is C19H14ClF2N3O2. The minimum atomic E-state index is -0.858. The Balaban J connectivity index is 1.76. The molecule has 5 nitrogen and oxygen atoms in total. The number of anilines is 3. The summed E-state index contributed by atoms with van der Waals surface area (Å²) in [6.07, 6.45) is 1.43. The lowest BCUT2D eigenvalue weighted by Gasteiger charge is -2.10. The van der Waals surface area contributed by atoms with Gasteiger partial charge < -0.3 is 15.4 Å². The van der Waals surface area contributed by atoms with E-state index < -0.39 is 17.5 Å². The first-order chi connectivity index (χ1) is 13.0. The van der Waals surface area contributed by atoms with Crippen molar-refractivity contribution in [2.75, 3.05) is 17.7 Å². The van der Waals surface area contributed by atoms with Crippen molar-refractivity contribution in [3.05, 3.63) is 76.9 Å². The van der Waals surface area contributed by atoms with Crippen molar-refractivity contribution >= 4 is 34.7 Å². The van der Waals surface area contributed by atoms with Gasteiger partial charge in [0.2, 0.25) is 0 Å². The molecule has 138 valence electrons. The van der Waals surface area contributed by atoms with E-state index in [0.717, 1.165) is 12.1 Å². The quantitative estimate of drug-likeness (QED) is 0.643. The normalized spacial score (nSPS) is 10.4. The highest BCUT2D eigenvalue weighted by Gasteiger charge is 2.11. The molecule has 2 aromatic carbocycles. The Kier molecular flexibility index (Phi) is 5.52. The third-order valence-electron chi connectivity index (χ3n) is 3.63. The fourth-order valence-corrected chi connectivity index (χ4v) is 2.58. The second-order valence-electron chi connectivity index (χ2n) is 5.48. The predicted octanol–water partition coefficient (Wildman–Crippen LogP) is 5.02. The van der Waals surface area contributed by atoms with Gasteiger partial charge in [-0.25, -0.2) is 13.8 Å². The van der Waals surface area contributed by atoms with Crippen molar-refractivity contribution in [3.8, 4) is 5.75 Å². The van der Waals surface area contributed by atoms with E-state index in [0.29, 0.717) is 28.3 Å². The van der Waals surface area contributed by atoms with E-state index in [2.05, 4.69) is 15.6 Å². The van der Waals surface area contributed by atoms with Crippen LogP contribution in [0.1, 0.15) is 10.4 Å². The summed E-state index contributed by atoms with van der Waals surface area (Å²) in [5, 5.41) is 5.83. The Morgan fingerprint density at radius 1 is 1.11 bits per heavy atom. The molecular weight excluding hydrogens is 376 g/mol. The third kappa shape index (κ3) is 4.51. The molecule has 0 bridgehead atoms. The number of rotatable bonds is 5. The number of benzene rings is 2. The van der Waals surface area contributed by atoms with E-state index in [1.165, 1.54) is 25.4 Å². The lowest BCUT2D eigenvalue weighted by atomic mass is 10.2. The first-order valence-electron chi connectivity index (χ1n) is 7.79. The van der Waals surface area contributed by atoms with Crippen molar-refractivity contribution in [2.45, 2.75) is 0 Å². The lowest BCUT2D eigenvalue weighted by Crippen LogP contribution is -2.13. The summed E-state index contributed by atoms with van der Waals surface area (Å²) in [6, 6.07) is 11.0. The zero-order valence-electron chi connectivity index (χ0n) is 14.1. The zero-order chi connectivity index (χ0) is 19.4. The Morgan fingerprint density at radius 3 is 2.63 bits per heavy atom. The van der Waals surface area contributed by atoms with Crippen LogP contribution in [0.25, 0.3) is 0 Å². The van der Waals surface area contributed by atoms with Crippen LogP contribution in [-0.4, -0.2) is 18.0 Å². The minimum Gasteiger partial charge on any atom is -0.495 e. The number of nitrogens with zero attached hydrogens (tertiary/aromatic N) is 1. The molecule has 0 fully saturated rings. The van der Waals surface area contributed by atoms with Gasteiger partial charge in [0.05, 0.1) is 17.8 Å². The Morgan fingerprint density at radius 2 is 1.93 bits per heavy atom. The van der Waals surface area contributed by atoms with Crippen LogP contribution in [0.2, 0.25) is 5.02 Å². The van der Waals surface area contributed by atoms with Gasteiger partial charge in [0.1, 0.15) is 23.2 Å². The fraction of sp³-hybridized carbons (Fsp3) is 0.0526. The number of amides is 1. The van der Waals surface area contributed by atoms with E-state index in [4.69, 9.17) is 16.3 Å². The van der Waals surface area contributed by atoms with Crippen LogP contribution in [0.5, 0.6) is 5.75 Å². The highest BCUT2D eigenvalue weighted by Crippen LogP contribution is 2.28. The molecule has 0 aliphatic heterocycles. The zero-order valence-corrected chi connectivity index (χ0v) is 14.8. The maximum absolute atomic E-state index is 13.7. The Labute approximate surface area is 159 Å². The summed E-state index contributed by atoms with van der Waals surface area (Å²) in [5.41, 5.74) is 0.779. The molecule has 0 spiro atoms. The van der Waals surface area contributed by atoms with Crippen molar-refractivity contribution in [1.29, 1.82) is 0 Å². The van der Waals surface area contributed by atoms with E-state index in [1.807, 2.05) is 0 Å². The lowest BCUT2D eigenvalue weighted by molar-refractivity contribution is 0.102. The van der Waals surface area contributed by atoms with Gasteiger partial charge in [-0.3, -0.25) is 4.79 Å². The number of halogens is 3. The predicted molar refractivity (Wildman–Crippen MR) is 99.8 cm³/mol. The third-order valence-corrected chi connectivity index (χ3v) is 3.92. The summed E-state index contributed by atoms with van der Waals surface area (Å²) in [4.78, 5) is 16.5. The van der Waals surface area contributed by atoms with E-state index in [1.54, 1.807) is 18.2 Å². The van der Waals surface area contributed by atoms with Gasteiger partial charge in [-0.1, -0.05) is 11.6 Å². The molecule has 0 aliphatic rings. The first-order valence-corrected chi connectivity index (χ1v) is 8.17. The van der Waals surface area contributed by atoms with E-state index in [-0.39, 0.29) is 11.3 Å². The van der Waals surface area contributed by atoms with Crippen LogP contribution in [0.3, 0.4) is 0 Å². The number of aromatic nitrogens is 1. The van der Waals surface area contributed by atoms with Gasteiger partial charge in [0.25, 0.3) is 5.91 Å². The molecule has 1 aromatic heterocycles. The standard InChI is InChI=1S/C19H14ClF2N3O2/c1-27-17-5-3-13(10-14(17)20)24-18-8-11(6-7-23-18)19(26)25-16-4-2-12(21)9-15(16)22/h2-10H,1H3,(H,23,24)(H,25,26). The fourth-order valence-electron chi connectivity index (χ4n) is 2.32. The monoisotopic (exact) mass is 389 g/mol. The van der Waals surface area contributed by atoms with Crippen molar-refractivity contribution in [1.82, 2.24) is 4.98 Å². The molecule has 3 aromatic rings. The number of hydrogen-bond donors (Lipinski definition) is 2. The van der Waals surface area contributed by atoms with Crippen LogP contribution < -0.4 is 15.4 Å². The second kappa shape index (κ2) is 8.01. The molecule has 27 heavy (non-hydrogen) atoms. The van der Waals surface area contributed by atoms with Crippen LogP contribution >= 0.6 is 11.6 Å². The Bertz CT molecular complexity index is 998. The molecule has 0 unspecified atom stereocenters. The summed E-state index contributed by atoms with van der Waals surface area (Å²) in [7, 11) is 1.52. The summed E-state index contributed by atoms with van der Waals surface area (Å²) < 4.78 is 31.7. The number of methoxy groups -OCH3 is 1. The highest BCUT2D eigenvalue weighted by molar-refractivity contribution is 6.32. The molecule has 0 saturated heterocycles. The van der Waals surface area contributed by atoms with Gasteiger partial charge in [-0.2, -0.15) is 0 Å². The Hall–Kier alpha value is -3.19. The van der Waals surface area contributed by atoms with Gasteiger partial charge in [0, 0.05) is 23.5 Å². The maximum atomic E-state index is 13.7. The molecule has 0 aliphatic carbocycles. The first kappa shape index (κ1) is 18.6. The average Bonchev–Trinajstić information content (AvgIpc) is 2.64. The van der Waals surface area contributed by atoms with Gasteiger partial charge in [-0.05, 0) is 42.5 Å². The van der Waals surface area contributed by atoms with Crippen LogP contribution in [-0.2, 0) is 0 Å². The largest absolute Gasteiger partial charge is 0.495 e. The topological polar surface area (TPSA) is 63.2 Å². The summed E-state index contributed by atoms with van der Waals surface area (Å²) in [5.74, 6) is -1.21. The van der Waals surface area contributed by atoms with Gasteiger partial charge in [0.15, 0.2) is 0 Å². The SMILES string of the molecule is COc1ccc(Nc2cc(C(=O)Nc3ccc(F)cc3F)ccn2)cc1Cl. The number of hydrogen-bond acceptors (Lipinski definition) is 4. The molecule has 0 radical (unpaired) electrons. The number of nitrogens with one attached hydrogen (secondary N) is 2. The number of pyridine rings is 1. The van der Waals surface area contributed by atoms with Crippen LogP contribution in [0, 0.1) is 11.6 Å². The molecule has 1 amide bonds. The van der Waals surface area contributed by atoms with Crippen molar-refractivity contribution in [3.63, 3.8) is 0 Å².